The summed E-state index contributed by atoms with van der Waals surface area (Å²) in [4.78, 5) is 2.43. The minimum absolute atomic E-state index is 0.138. The van der Waals surface area contributed by atoms with Crippen LogP contribution < -0.4 is 5.73 Å². The largest absolute Gasteiger partial charge is 0.323 e. The van der Waals surface area contributed by atoms with Crippen molar-refractivity contribution in [1.82, 2.24) is 4.90 Å². The number of hydrogen-bond acceptors (Lipinski definition) is 2. The third-order valence-electron chi connectivity index (χ3n) is 4.23. The van der Waals surface area contributed by atoms with E-state index in [2.05, 4.69) is 50.1 Å². The standard InChI is InChI=1S/C17H28N2/c1-13(2)11-14-7-9-15(10-8-14)17(18)12-19(3)16-5-4-6-16/h7-10,13,16-17H,4-6,11-12,18H2,1-3H3. The summed E-state index contributed by atoms with van der Waals surface area (Å²) in [6, 6.07) is 9.79. The lowest BCUT2D eigenvalue weighted by Crippen LogP contribution is -2.41. The van der Waals surface area contributed by atoms with Gasteiger partial charge in [0.25, 0.3) is 0 Å². The zero-order chi connectivity index (χ0) is 13.8. The van der Waals surface area contributed by atoms with Gasteiger partial charge in [0.05, 0.1) is 0 Å². The predicted octanol–water partition coefficient (Wildman–Crippen LogP) is 3.37. The highest BCUT2D eigenvalue weighted by Crippen LogP contribution is 2.25. The van der Waals surface area contributed by atoms with Crippen molar-refractivity contribution in [2.45, 2.75) is 51.6 Å². The summed E-state index contributed by atoms with van der Waals surface area (Å²) in [5, 5.41) is 0. The molecule has 0 aromatic heterocycles. The molecule has 106 valence electrons. The molecule has 2 rings (SSSR count). The molecule has 2 N–H and O–H groups in total. The number of hydrogen-bond donors (Lipinski definition) is 1. The Morgan fingerprint density at radius 1 is 1.21 bits per heavy atom. The fourth-order valence-electron chi connectivity index (χ4n) is 2.76. The molecule has 1 aliphatic rings. The van der Waals surface area contributed by atoms with Crippen molar-refractivity contribution in [3.8, 4) is 0 Å². The summed E-state index contributed by atoms with van der Waals surface area (Å²) >= 11 is 0. The Bertz CT molecular complexity index is 379. The van der Waals surface area contributed by atoms with Crippen LogP contribution in [-0.4, -0.2) is 24.5 Å². The smallest absolute Gasteiger partial charge is 0.0424 e. The van der Waals surface area contributed by atoms with Crippen LogP contribution >= 0.6 is 0 Å². The van der Waals surface area contributed by atoms with Gasteiger partial charge in [0, 0.05) is 18.6 Å². The molecular weight excluding hydrogens is 232 g/mol. The van der Waals surface area contributed by atoms with Gasteiger partial charge in [-0.1, -0.05) is 44.5 Å². The lowest BCUT2D eigenvalue weighted by molar-refractivity contribution is 0.152. The maximum Gasteiger partial charge on any atom is 0.0424 e. The number of likely N-dealkylation sites (N-methyl/N-ethyl adjacent to an activating group) is 1. The molecule has 0 aliphatic heterocycles. The van der Waals surface area contributed by atoms with Gasteiger partial charge in [-0.3, -0.25) is 0 Å². The number of nitrogens with two attached hydrogens (primary N) is 1. The van der Waals surface area contributed by atoms with E-state index in [0.29, 0.717) is 5.92 Å². The lowest BCUT2D eigenvalue weighted by Gasteiger charge is -2.36. The molecule has 0 spiro atoms. The number of rotatable bonds is 6. The van der Waals surface area contributed by atoms with Gasteiger partial charge in [0.1, 0.15) is 0 Å². The Kier molecular flexibility index (Phi) is 5.00. The first-order valence-corrected chi connectivity index (χ1v) is 7.61. The summed E-state index contributed by atoms with van der Waals surface area (Å²) in [5.74, 6) is 0.712. The summed E-state index contributed by atoms with van der Waals surface area (Å²) in [6.07, 6.45) is 5.22. The van der Waals surface area contributed by atoms with Gasteiger partial charge in [-0.05, 0) is 43.4 Å². The highest BCUT2D eigenvalue weighted by Gasteiger charge is 2.23. The van der Waals surface area contributed by atoms with Gasteiger partial charge in [-0.25, -0.2) is 0 Å². The second kappa shape index (κ2) is 6.53. The van der Waals surface area contributed by atoms with Gasteiger partial charge >= 0.3 is 0 Å². The molecule has 1 unspecified atom stereocenters. The van der Waals surface area contributed by atoms with Crippen LogP contribution in [0.25, 0.3) is 0 Å². The van der Waals surface area contributed by atoms with Crippen LogP contribution in [0.5, 0.6) is 0 Å². The van der Waals surface area contributed by atoms with Crippen LogP contribution in [0, 0.1) is 5.92 Å². The molecule has 1 saturated carbocycles. The minimum atomic E-state index is 0.138. The van der Waals surface area contributed by atoms with E-state index >= 15 is 0 Å². The first kappa shape index (κ1) is 14.5. The Labute approximate surface area is 118 Å². The van der Waals surface area contributed by atoms with E-state index in [1.165, 1.54) is 30.4 Å². The maximum atomic E-state index is 6.32. The molecule has 1 atom stereocenters. The quantitative estimate of drug-likeness (QED) is 0.849. The highest BCUT2D eigenvalue weighted by molar-refractivity contribution is 5.25. The molecule has 1 aromatic rings. The topological polar surface area (TPSA) is 29.3 Å². The van der Waals surface area contributed by atoms with Crippen molar-refractivity contribution < 1.29 is 0 Å². The predicted molar refractivity (Wildman–Crippen MR) is 82.2 cm³/mol. The van der Waals surface area contributed by atoms with Crippen molar-refractivity contribution in [1.29, 1.82) is 0 Å². The van der Waals surface area contributed by atoms with Crippen molar-refractivity contribution in [3.05, 3.63) is 35.4 Å². The Balaban J connectivity index is 1.89. The van der Waals surface area contributed by atoms with E-state index in [-0.39, 0.29) is 6.04 Å². The summed E-state index contributed by atoms with van der Waals surface area (Å²) < 4.78 is 0. The van der Waals surface area contributed by atoms with Gasteiger partial charge in [-0.2, -0.15) is 0 Å². The fourth-order valence-corrected chi connectivity index (χ4v) is 2.76. The van der Waals surface area contributed by atoms with Crippen LogP contribution in [0.4, 0.5) is 0 Å². The van der Waals surface area contributed by atoms with E-state index in [1.54, 1.807) is 0 Å². The van der Waals surface area contributed by atoms with E-state index in [1.807, 2.05) is 0 Å². The molecular formula is C17H28N2. The Hall–Kier alpha value is -0.860. The van der Waals surface area contributed by atoms with Crippen LogP contribution in [-0.2, 0) is 6.42 Å². The molecule has 1 aromatic carbocycles. The highest BCUT2D eigenvalue weighted by atomic mass is 15.1. The molecule has 1 aliphatic carbocycles. The molecule has 2 nitrogen and oxygen atoms in total. The first-order valence-electron chi connectivity index (χ1n) is 7.61. The van der Waals surface area contributed by atoms with Crippen molar-refractivity contribution in [2.75, 3.05) is 13.6 Å². The van der Waals surface area contributed by atoms with E-state index < -0.39 is 0 Å². The second-order valence-electron chi connectivity index (χ2n) is 6.47. The van der Waals surface area contributed by atoms with Gasteiger partial charge in [-0.15, -0.1) is 0 Å². The van der Waals surface area contributed by atoms with Gasteiger partial charge < -0.3 is 10.6 Å². The van der Waals surface area contributed by atoms with Crippen LogP contribution in [0.1, 0.15) is 50.3 Å². The van der Waals surface area contributed by atoms with E-state index in [9.17, 15) is 0 Å². The second-order valence-corrected chi connectivity index (χ2v) is 6.47. The van der Waals surface area contributed by atoms with Crippen LogP contribution in [0.3, 0.4) is 0 Å². The third kappa shape index (κ3) is 4.05. The van der Waals surface area contributed by atoms with Crippen LogP contribution in [0.2, 0.25) is 0 Å². The molecule has 0 amide bonds. The minimum Gasteiger partial charge on any atom is -0.323 e. The lowest BCUT2D eigenvalue weighted by atomic mass is 9.91. The van der Waals surface area contributed by atoms with Crippen molar-refractivity contribution in [3.63, 3.8) is 0 Å². The molecule has 2 heteroatoms. The summed E-state index contributed by atoms with van der Waals surface area (Å²) in [5.41, 5.74) is 9.00. The summed E-state index contributed by atoms with van der Waals surface area (Å²) in [6.45, 7) is 5.48. The van der Waals surface area contributed by atoms with E-state index in [4.69, 9.17) is 5.73 Å². The van der Waals surface area contributed by atoms with E-state index in [0.717, 1.165) is 19.0 Å². The molecule has 1 fully saturated rings. The maximum absolute atomic E-state index is 6.32. The van der Waals surface area contributed by atoms with Crippen molar-refractivity contribution >= 4 is 0 Å². The van der Waals surface area contributed by atoms with Gasteiger partial charge in [0.15, 0.2) is 0 Å². The first-order chi connectivity index (χ1) is 9.06. The fraction of sp³-hybridized carbons (Fsp3) is 0.647. The average molecular weight is 260 g/mol. The number of benzene rings is 1. The summed E-state index contributed by atoms with van der Waals surface area (Å²) in [7, 11) is 2.21. The molecule has 19 heavy (non-hydrogen) atoms. The average Bonchev–Trinajstić information content (AvgIpc) is 2.26. The Morgan fingerprint density at radius 2 is 1.84 bits per heavy atom. The molecule has 0 heterocycles. The SMILES string of the molecule is CC(C)Cc1ccc(C(N)CN(C)C2CCC2)cc1. The van der Waals surface area contributed by atoms with Crippen LogP contribution in [0.15, 0.2) is 24.3 Å². The van der Waals surface area contributed by atoms with Gasteiger partial charge in [0.2, 0.25) is 0 Å². The Morgan fingerprint density at radius 3 is 2.32 bits per heavy atom. The molecule has 0 radical (unpaired) electrons. The van der Waals surface area contributed by atoms with Crippen molar-refractivity contribution in [2.24, 2.45) is 11.7 Å². The monoisotopic (exact) mass is 260 g/mol. The third-order valence-corrected chi connectivity index (χ3v) is 4.23. The zero-order valence-corrected chi connectivity index (χ0v) is 12.6. The molecule has 0 saturated heterocycles. The zero-order valence-electron chi connectivity index (χ0n) is 12.6. The molecule has 0 bridgehead atoms. The number of nitrogens with zero attached hydrogens (tertiary/aromatic N) is 1. The normalized spacial score (nSPS) is 17.8.